The van der Waals surface area contributed by atoms with Gasteiger partial charge < -0.3 is 4.90 Å². The lowest BCUT2D eigenvalue weighted by molar-refractivity contribution is 0.0433. The van der Waals surface area contributed by atoms with Gasteiger partial charge in [0, 0.05) is 25.7 Å². The summed E-state index contributed by atoms with van der Waals surface area (Å²) in [4.78, 5) is 17.7. The third-order valence-corrected chi connectivity index (χ3v) is 5.35. The number of rotatable bonds is 3. The molecule has 2 aromatic rings. The third-order valence-electron chi connectivity index (χ3n) is 5.02. The molecule has 1 saturated heterocycles. The maximum Gasteiger partial charge on any atom is 0.255 e. The minimum absolute atomic E-state index is 0.0323. The van der Waals surface area contributed by atoms with Crippen molar-refractivity contribution in [1.82, 2.24) is 9.80 Å². The van der Waals surface area contributed by atoms with E-state index in [9.17, 15) is 4.79 Å². The molecule has 1 heterocycles. The lowest BCUT2D eigenvalue weighted by atomic mass is 10.0. The van der Waals surface area contributed by atoms with E-state index >= 15 is 0 Å². The highest BCUT2D eigenvalue weighted by Gasteiger charge is 2.38. The molecule has 1 aliphatic heterocycles. The zero-order valence-corrected chi connectivity index (χ0v) is 14.3. The second kappa shape index (κ2) is 6.58. The van der Waals surface area contributed by atoms with Gasteiger partial charge in [0.05, 0.1) is 16.6 Å². The Bertz CT molecular complexity index is 729. The van der Waals surface area contributed by atoms with Crippen LogP contribution >= 0.6 is 11.6 Å². The van der Waals surface area contributed by atoms with Gasteiger partial charge in [-0.1, -0.05) is 54.1 Å². The summed E-state index contributed by atoms with van der Waals surface area (Å²) in [6.07, 6.45) is 2.58. The molecule has 124 valence electrons. The van der Waals surface area contributed by atoms with Gasteiger partial charge in [0.15, 0.2) is 0 Å². The van der Waals surface area contributed by atoms with Crippen molar-refractivity contribution < 1.29 is 4.79 Å². The van der Waals surface area contributed by atoms with E-state index in [1.807, 2.05) is 41.3 Å². The number of hydrogen-bond donors (Lipinski definition) is 0. The molecule has 0 bridgehead atoms. The van der Waals surface area contributed by atoms with E-state index in [0.717, 1.165) is 19.6 Å². The van der Waals surface area contributed by atoms with E-state index in [2.05, 4.69) is 17.0 Å². The molecular weight excluding hydrogens is 320 g/mol. The fraction of sp³-hybridized carbons (Fsp3) is 0.350. The maximum absolute atomic E-state index is 13.1. The average Bonchev–Trinajstić information content (AvgIpc) is 3.47. The minimum Gasteiger partial charge on any atom is -0.329 e. The maximum atomic E-state index is 13.1. The van der Waals surface area contributed by atoms with Crippen molar-refractivity contribution in [2.24, 2.45) is 0 Å². The molecule has 1 aliphatic carbocycles. The van der Waals surface area contributed by atoms with Gasteiger partial charge in [-0.25, -0.2) is 0 Å². The number of carbonyl (C=O) groups excluding carboxylic acids is 1. The number of amides is 1. The zero-order chi connectivity index (χ0) is 16.5. The molecule has 4 heteroatoms. The van der Waals surface area contributed by atoms with Gasteiger partial charge in [0.1, 0.15) is 0 Å². The number of hydrogen-bond acceptors (Lipinski definition) is 2. The SMILES string of the molecule is O=C(c1ccccc1Cl)N1CCN(C2CC2)CC1c1ccccc1. The fourth-order valence-electron chi connectivity index (χ4n) is 3.57. The highest BCUT2D eigenvalue weighted by Crippen LogP contribution is 2.34. The standard InChI is InChI=1S/C20H21ClN2O/c21-18-9-5-4-8-17(18)20(24)23-13-12-22(16-10-11-16)14-19(23)15-6-2-1-3-7-15/h1-9,16,19H,10-14H2. The van der Waals surface area contributed by atoms with Gasteiger partial charge in [-0.2, -0.15) is 0 Å². The van der Waals surface area contributed by atoms with Crippen molar-refractivity contribution in [3.63, 3.8) is 0 Å². The Hall–Kier alpha value is -1.84. The van der Waals surface area contributed by atoms with Crippen LogP contribution in [-0.2, 0) is 0 Å². The van der Waals surface area contributed by atoms with E-state index in [4.69, 9.17) is 11.6 Å². The molecule has 3 nitrogen and oxygen atoms in total. The van der Waals surface area contributed by atoms with Crippen molar-refractivity contribution in [1.29, 1.82) is 0 Å². The molecule has 1 unspecified atom stereocenters. The van der Waals surface area contributed by atoms with Gasteiger partial charge in [0.25, 0.3) is 5.91 Å². The van der Waals surface area contributed by atoms with Crippen molar-refractivity contribution in [3.05, 3.63) is 70.7 Å². The highest BCUT2D eigenvalue weighted by molar-refractivity contribution is 6.33. The van der Waals surface area contributed by atoms with Crippen molar-refractivity contribution in [2.45, 2.75) is 24.9 Å². The Balaban J connectivity index is 1.64. The molecule has 4 rings (SSSR count). The molecular formula is C20H21ClN2O. The Morgan fingerprint density at radius 1 is 0.958 bits per heavy atom. The molecule has 0 N–H and O–H groups in total. The molecule has 0 radical (unpaired) electrons. The normalized spacial score (nSPS) is 21.7. The average molecular weight is 341 g/mol. The third kappa shape index (κ3) is 3.06. The fourth-order valence-corrected chi connectivity index (χ4v) is 3.78. The summed E-state index contributed by atoms with van der Waals surface area (Å²) in [6, 6.07) is 18.5. The largest absolute Gasteiger partial charge is 0.329 e. The van der Waals surface area contributed by atoms with E-state index < -0.39 is 0 Å². The van der Waals surface area contributed by atoms with E-state index in [1.54, 1.807) is 6.07 Å². The Kier molecular flexibility index (Phi) is 4.30. The van der Waals surface area contributed by atoms with Crippen LogP contribution < -0.4 is 0 Å². The minimum atomic E-state index is 0.0323. The van der Waals surface area contributed by atoms with Gasteiger partial charge in [0.2, 0.25) is 0 Å². The topological polar surface area (TPSA) is 23.6 Å². The first-order chi connectivity index (χ1) is 11.7. The number of nitrogens with zero attached hydrogens (tertiary/aromatic N) is 2. The predicted octanol–water partition coefficient (Wildman–Crippen LogP) is 4.00. The smallest absolute Gasteiger partial charge is 0.255 e. The molecule has 0 aromatic heterocycles. The summed E-state index contributed by atoms with van der Waals surface area (Å²) >= 11 is 6.26. The Morgan fingerprint density at radius 2 is 1.67 bits per heavy atom. The second-order valence-corrected chi connectivity index (χ2v) is 7.04. The second-order valence-electron chi connectivity index (χ2n) is 6.63. The molecule has 2 aliphatic rings. The van der Waals surface area contributed by atoms with Gasteiger partial charge in [-0.15, -0.1) is 0 Å². The first kappa shape index (κ1) is 15.7. The zero-order valence-electron chi connectivity index (χ0n) is 13.6. The quantitative estimate of drug-likeness (QED) is 0.843. The van der Waals surface area contributed by atoms with Gasteiger partial charge in [-0.3, -0.25) is 9.69 Å². The van der Waals surface area contributed by atoms with Gasteiger partial charge in [-0.05, 0) is 30.5 Å². The molecule has 0 spiro atoms. The highest BCUT2D eigenvalue weighted by atomic mass is 35.5. The van der Waals surface area contributed by atoms with E-state index in [-0.39, 0.29) is 11.9 Å². The van der Waals surface area contributed by atoms with Crippen LogP contribution in [0.5, 0.6) is 0 Å². The lowest BCUT2D eigenvalue weighted by Gasteiger charge is -2.42. The van der Waals surface area contributed by atoms with Crippen LogP contribution in [0.25, 0.3) is 0 Å². The monoisotopic (exact) mass is 340 g/mol. The Morgan fingerprint density at radius 3 is 2.38 bits per heavy atom. The summed E-state index contributed by atoms with van der Waals surface area (Å²) < 4.78 is 0. The molecule has 1 atom stereocenters. The van der Waals surface area contributed by atoms with Crippen LogP contribution in [0.2, 0.25) is 5.02 Å². The molecule has 1 amide bonds. The summed E-state index contributed by atoms with van der Waals surface area (Å²) in [5, 5.41) is 0.527. The summed E-state index contributed by atoms with van der Waals surface area (Å²) in [6.45, 7) is 2.61. The van der Waals surface area contributed by atoms with Crippen LogP contribution in [0.3, 0.4) is 0 Å². The predicted molar refractivity (Wildman–Crippen MR) is 96.3 cm³/mol. The van der Waals surface area contributed by atoms with Crippen molar-refractivity contribution in [2.75, 3.05) is 19.6 Å². The Labute approximate surface area is 147 Å². The van der Waals surface area contributed by atoms with Crippen LogP contribution in [0.4, 0.5) is 0 Å². The lowest BCUT2D eigenvalue weighted by Crippen LogP contribution is -2.51. The first-order valence-electron chi connectivity index (χ1n) is 8.58. The van der Waals surface area contributed by atoms with Crippen LogP contribution in [0.1, 0.15) is 34.8 Å². The molecule has 24 heavy (non-hydrogen) atoms. The first-order valence-corrected chi connectivity index (χ1v) is 8.96. The summed E-state index contributed by atoms with van der Waals surface area (Å²) in [5.41, 5.74) is 1.79. The number of carbonyl (C=O) groups is 1. The van der Waals surface area contributed by atoms with E-state index in [1.165, 1.54) is 18.4 Å². The van der Waals surface area contributed by atoms with Crippen molar-refractivity contribution >= 4 is 17.5 Å². The van der Waals surface area contributed by atoms with Gasteiger partial charge >= 0.3 is 0 Å². The molecule has 2 fully saturated rings. The summed E-state index contributed by atoms with van der Waals surface area (Å²) in [5.74, 6) is 0.0323. The van der Waals surface area contributed by atoms with E-state index in [0.29, 0.717) is 16.6 Å². The molecule has 2 aromatic carbocycles. The van der Waals surface area contributed by atoms with Crippen LogP contribution in [0, 0.1) is 0 Å². The molecule has 1 saturated carbocycles. The van der Waals surface area contributed by atoms with Crippen LogP contribution in [-0.4, -0.2) is 41.4 Å². The summed E-state index contributed by atoms with van der Waals surface area (Å²) in [7, 11) is 0. The number of halogens is 1. The van der Waals surface area contributed by atoms with Crippen molar-refractivity contribution in [3.8, 4) is 0 Å². The van der Waals surface area contributed by atoms with Crippen LogP contribution in [0.15, 0.2) is 54.6 Å². The number of benzene rings is 2. The number of piperazine rings is 1.